The molecule has 1 aliphatic carbocycles. The lowest BCUT2D eigenvalue weighted by atomic mass is 9.93. The third kappa shape index (κ3) is 5.18. The molecule has 38 heavy (non-hydrogen) atoms. The Morgan fingerprint density at radius 1 is 1.00 bits per heavy atom. The summed E-state index contributed by atoms with van der Waals surface area (Å²) in [6.07, 6.45) is 7.04. The van der Waals surface area contributed by atoms with Crippen LogP contribution in [0.3, 0.4) is 0 Å². The first-order chi connectivity index (χ1) is 18.5. The van der Waals surface area contributed by atoms with E-state index in [1.54, 1.807) is 18.7 Å². The van der Waals surface area contributed by atoms with Crippen molar-refractivity contribution in [3.63, 3.8) is 0 Å². The van der Waals surface area contributed by atoms with E-state index in [9.17, 15) is 8.78 Å². The van der Waals surface area contributed by atoms with Crippen molar-refractivity contribution in [1.82, 2.24) is 24.9 Å². The minimum atomic E-state index is -2.74. The van der Waals surface area contributed by atoms with Gasteiger partial charge in [-0.05, 0) is 43.4 Å². The highest BCUT2D eigenvalue weighted by Gasteiger charge is 2.25. The molecule has 0 spiro atoms. The predicted octanol–water partition coefficient (Wildman–Crippen LogP) is 5.09. The summed E-state index contributed by atoms with van der Waals surface area (Å²) in [6, 6.07) is 6.11. The maximum Gasteiger partial charge on any atom is 0.345 e. The number of morpholine rings is 1. The number of hydrogen-bond donors (Lipinski definition) is 1. The zero-order chi connectivity index (χ0) is 26.1. The van der Waals surface area contributed by atoms with Gasteiger partial charge in [0.25, 0.3) is 0 Å². The first-order valence-corrected chi connectivity index (χ1v) is 13.0. The number of ether oxygens (including phenoxy) is 2. The van der Waals surface area contributed by atoms with Gasteiger partial charge in [-0.15, -0.1) is 0 Å². The average molecular weight is 542 g/mol. The van der Waals surface area contributed by atoms with E-state index in [4.69, 9.17) is 21.3 Å². The summed E-state index contributed by atoms with van der Waals surface area (Å²) in [5, 5.41) is 5.28. The number of aromatic nitrogens is 5. The molecule has 0 atom stereocenters. The van der Waals surface area contributed by atoms with Crippen LogP contribution in [0.25, 0.3) is 32.9 Å². The van der Waals surface area contributed by atoms with Crippen molar-refractivity contribution in [3.05, 3.63) is 42.1 Å². The lowest BCUT2D eigenvalue weighted by Gasteiger charge is -2.28. The van der Waals surface area contributed by atoms with Crippen LogP contribution in [0.4, 0.5) is 20.5 Å². The maximum atomic E-state index is 12.5. The van der Waals surface area contributed by atoms with Gasteiger partial charge >= 0.3 is 6.61 Å². The Morgan fingerprint density at radius 3 is 2.61 bits per heavy atom. The van der Waals surface area contributed by atoms with Gasteiger partial charge in [-0.2, -0.15) is 8.78 Å². The van der Waals surface area contributed by atoms with Crippen molar-refractivity contribution in [3.8, 4) is 11.1 Å². The molecule has 1 N–H and O–H groups in total. The van der Waals surface area contributed by atoms with Crippen LogP contribution in [0.15, 0.2) is 36.9 Å². The van der Waals surface area contributed by atoms with Crippen molar-refractivity contribution < 1.29 is 18.3 Å². The van der Waals surface area contributed by atoms with Gasteiger partial charge in [-0.25, -0.2) is 24.9 Å². The van der Waals surface area contributed by atoms with Crippen LogP contribution in [0, 0.1) is 0 Å². The van der Waals surface area contributed by atoms with Crippen LogP contribution in [-0.2, 0) is 9.47 Å². The standard InChI is InChI=1S/C26H26ClF2N7O2/c27-23-20-13-31-26(34-16-2-4-17(5-3-16)38-25(28)29)35-22(20)19(12-30-23)15-1-6-18-21(11-15)32-14-33-24(18)36-7-9-37-10-8-36/h1,6,11-14,16-17,25H,2-5,7-10H2,(H,31,34,35). The lowest BCUT2D eigenvalue weighted by Crippen LogP contribution is -2.36. The summed E-state index contributed by atoms with van der Waals surface area (Å²) in [5.74, 6) is 1.35. The van der Waals surface area contributed by atoms with E-state index in [0.29, 0.717) is 60.9 Å². The fourth-order valence-electron chi connectivity index (χ4n) is 5.18. The predicted molar refractivity (Wildman–Crippen MR) is 141 cm³/mol. The molecule has 4 heterocycles. The van der Waals surface area contributed by atoms with Crippen molar-refractivity contribution in [2.75, 3.05) is 36.5 Å². The van der Waals surface area contributed by atoms with Gasteiger partial charge in [0, 0.05) is 42.5 Å². The molecule has 2 aliphatic rings. The first kappa shape index (κ1) is 25.0. The van der Waals surface area contributed by atoms with E-state index in [-0.39, 0.29) is 6.04 Å². The monoisotopic (exact) mass is 541 g/mol. The number of halogens is 3. The minimum absolute atomic E-state index is 0.0710. The zero-order valence-corrected chi connectivity index (χ0v) is 21.2. The molecular formula is C26H26ClF2N7O2. The van der Waals surface area contributed by atoms with E-state index in [1.807, 2.05) is 18.2 Å². The van der Waals surface area contributed by atoms with E-state index in [2.05, 4.69) is 34.9 Å². The first-order valence-electron chi connectivity index (χ1n) is 12.6. The van der Waals surface area contributed by atoms with Crippen molar-refractivity contribution in [1.29, 1.82) is 0 Å². The van der Waals surface area contributed by atoms with Gasteiger partial charge in [0.1, 0.15) is 17.3 Å². The van der Waals surface area contributed by atoms with Crippen molar-refractivity contribution in [2.45, 2.75) is 44.4 Å². The lowest BCUT2D eigenvalue weighted by molar-refractivity contribution is -0.169. The number of anilines is 2. The highest BCUT2D eigenvalue weighted by Crippen LogP contribution is 2.34. The Bertz CT molecular complexity index is 1450. The second kappa shape index (κ2) is 10.8. The van der Waals surface area contributed by atoms with Crippen molar-refractivity contribution >= 4 is 45.2 Å². The van der Waals surface area contributed by atoms with Gasteiger partial charge in [0.15, 0.2) is 0 Å². The number of benzene rings is 1. The van der Waals surface area contributed by atoms with Crippen molar-refractivity contribution in [2.24, 2.45) is 0 Å². The Morgan fingerprint density at radius 2 is 1.82 bits per heavy atom. The SMILES string of the molecule is FC(F)OC1CCC(Nc2ncc3c(Cl)ncc(-c4ccc5c(N6CCOCC6)ncnc5c4)c3n2)CC1. The smallest absolute Gasteiger partial charge is 0.345 e. The van der Waals surface area contributed by atoms with Gasteiger partial charge in [-0.3, -0.25) is 0 Å². The molecule has 3 aromatic heterocycles. The van der Waals surface area contributed by atoms with Crippen LogP contribution in [0.2, 0.25) is 5.15 Å². The number of alkyl halides is 2. The maximum absolute atomic E-state index is 12.5. The summed E-state index contributed by atoms with van der Waals surface area (Å²) in [7, 11) is 0. The quantitative estimate of drug-likeness (QED) is 0.335. The van der Waals surface area contributed by atoms with Crippen LogP contribution >= 0.6 is 11.6 Å². The van der Waals surface area contributed by atoms with Gasteiger partial charge in [-0.1, -0.05) is 17.7 Å². The van der Waals surface area contributed by atoms with Crippen LogP contribution < -0.4 is 10.2 Å². The molecule has 1 saturated carbocycles. The van der Waals surface area contributed by atoms with E-state index in [1.165, 1.54) is 0 Å². The van der Waals surface area contributed by atoms with Crippen LogP contribution in [0.5, 0.6) is 0 Å². The summed E-state index contributed by atoms with van der Waals surface area (Å²) in [5.41, 5.74) is 3.18. The number of hydrogen-bond acceptors (Lipinski definition) is 9. The minimum Gasteiger partial charge on any atom is -0.378 e. The van der Waals surface area contributed by atoms with Crippen LogP contribution in [0.1, 0.15) is 25.7 Å². The normalized spacial score (nSPS) is 20.4. The molecule has 198 valence electrons. The molecule has 0 amide bonds. The summed E-state index contributed by atoms with van der Waals surface area (Å²) in [4.78, 5) is 24.9. The molecule has 12 heteroatoms. The summed E-state index contributed by atoms with van der Waals surface area (Å²) >= 11 is 6.40. The highest BCUT2D eigenvalue weighted by molar-refractivity contribution is 6.34. The molecule has 9 nitrogen and oxygen atoms in total. The Labute approximate surface area is 222 Å². The fraction of sp³-hybridized carbons (Fsp3) is 0.423. The van der Waals surface area contributed by atoms with E-state index in [0.717, 1.165) is 40.9 Å². The topological polar surface area (TPSA) is 98.2 Å². The molecule has 6 rings (SSSR count). The molecule has 1 saturated heterocycles. The highest BCUT2D eigenvalue weighted by atomic mass is 35.5. The number of pyridine rings is 1. The number of rotatable bonds is 6. The molecule has 1 aliphatic heterocycles. The Balaban J connectivity index is 1.30. The molecule has 2 fully saturated rings. The fourth-order valence-corrected chi connectivity index (χ4v) is 5.37. The molecule has 0 unspecified atom stereocenters. The Hall–Kier alpha value is -3.28. The molecular weight excluding hydrogens is 516 g/mol. The largest absolute Gasteiger partial charge is 0.378 e. The summed E-state index contributed by atoms with van der Waals surface area (Å²) < 4.78 is 35.2. The molecule has 4 aromatic rings. The van der Waals surface area contributed by atoms with Crippen LogP contribution in [-0.4, -0.2) is 70.0 Å². The van der Waals surface area contributed by atoms with Gasteiger partial charge in [0.05, 0.1) is 35.7 Å². The molecule has 0 radical (unpaired) electrons. The zero-order valence-electron chi connectivity index (χ0n) is 20.5. The summed E-state index contributed by atoms with van der Waals surface area (Å²) in [6.45, 7) is 0.179. The number of fused-ring (bicyclic) bond motifs is 2. The number of nitrogens with one attached hydrogen (secondary N) is 1. The molecule has 1 aromatic carbocycles. The average Bonchev–Trinajstić information content (AvgIpc) is 2.94. The number of nitrogens with zero attached hydrogens (tertiary/aromatic N) is 6. The van der Waals surface area contributed by atoms with Gasteiger partial charge < -0.3 is 19.7 Å². The third-order valence-electron chi connectivity index (χ3n) is 7.11. The van der Waals surface area contributed by atoms with E-state index < -0.39 is 12.7 Å². The second-order valence-corrected chi connectivity index (χ2v) is 9.82. The van der Waals surface area contributed by atoms with E-state index >= 15 is 0 Å². The second-order valence-electron chi connectivity index (χ2n) is 9.46. The van der Waals surface area contributed by atoms with Gasteiger partial charge in [0.2, 0.25) is 5.95 Å². The Kier molecular flexibility index (Phi) is 7.14. The third-order valence-corrected chi connectivity index (χ3v) is 7.41. The molecule has 0 bridgehead atoms.